The van der Waals surface area contributed by atoms with Crippen LogP contribution in [0.15, 0.2) is 28.9 Å². The standard InChI is InChI=1S/C20H29N5O2/c1-15(2)13-18-23-19(27-24-18)16-7-6-12-25(14-16)20(26)22-11-5-9-17-8-3-4-10-21-17/h3-4,8,10,15-16H,5-7,9,11-14H2,1-2H3,(H,22,26)/t16-/m0/s1. The lowest BCUT2D eigenvalue weighted by Gasteiger charge is -2.31. The third kappa shape index (κ3) is 5.77. The van der Waals surface area contributed by atoms with Crippen LogP contribution < -0.4 is 5.32 Å². The second kappa shape index (κ2) is 9.48. The fourth-order valence-electron chi connectivity index (χ4n) is 3.37. The summed E-state index contributed by atoms with van der Waals surface area (Å²) in [5.74, 6) is 2.05. The first kappa shape index (κ1) is 19.3. The van der Waals surface area contributed by atoms with Gasteiger partial charge in [-0.05, 0) is 43.7 Å². The molecular formula is C20H29N5O2. The van der Waals surface area contributed by atoms with E-state index in [1.165, 1.54) is 0 Å². The second-order valence-corrected chi connectivity index (χ2v) is 7.59. The minimum absolute atomic E-state index is 0.0114. The Kier molecular flexibility index (Phi) is 6.79. The smallest absolute Gasteiger partial charge is 0.317 e. The topological polar surface area (TPSA) is 84.2 Å². The lowest BCUT2D eigenvalue weighted by atomic mass is 9.98. The van der Waals surface area contributed by atoms with E-state index in [-0.39, 0.29) is 11.9 Å². The van der Waals surface area contributed by atoms with Gasteiger partial charge in [-0.15, -0.1) is 0 Å². The molecule has 1 atom stereocenters. The van der Waals surface area contributed by atoms with E-state index in [2.05, 4.69) is 34.3 Å². The molecule has 3 rings (SSSR count). The minimum atomic E-state index is -0.0114. The number of carbonyl (C=O) groups is 1. The number of pyridine rings is 1. The average molecular weight is 371 g/mol. The van der Waals surface area contributed by atoms with E-state index in [1.807, 2.05) is 23.1 Å². The maximum Gasteiger partial charge on any atom is 0.317 e. The fraction of sp³-hybridized carbons (Fsp3) is 0.600. The van der Waals surface area contributed by atoms with Crippen molar-refractivity contribution in [2.75, 3.05) is 19.6 Å². The predicted octanol–water partition coefficient (Wildman–Crippen LogP) is 3.18. The molecule has 1 N–H and O–H groups in total. The van der Waals surface area contributed by atoms with Gasteiger partial charge in [-0.1, -0.05) is 25.1 Å². The summed E-state index contributed by atoms with van der Waals surface area (Å²) in [6.07, 6.45) is 6.29. The summed E-state index contributed by atoms with van der Waals surface area (Å²) in [5.41, 5.74) is 1.05. The number of piperidine rings is 1. The Morgan fingerprint density at radius 1 is 1.41 bits per heavy atom. The maximum absolute atomic E-state index is 12.5. The van der Waals surface area contributed by atoms with E-state index >= 15 is 0 Å². The Morgan fingerprint density at radius 2 is 2.30 bits per heavy atom. The first-order valence-corrected chi connectivity index (χ1v) is 9.87. The van der Waals surface area contributed by atoms with E-state index in [0.29, 0.717) is 24.9 Å². The number of hydrogen-bond donors (Lipinski definition) is 1. The number of hydrogen-bond acceptors (Lipinski definition) is 5. The molecule has 0 aliphatic carbocycles. The Hall–Kier alpha value is -2.44. The largest absolute Gasteiger partial charge is 0.339 e. The van der Waals surface area contributed by atoms with Gasteiger partial charge in [0, 0.05) is 37.9 Å². The SMILES string of the molecule is CC(C)Cc1noc([C@H]2CCCN(C(=O)NCCCc3ccccn3)C2)n1. The molecule has 1 aliphatic heterocycles. The zero-order valence-corrected chi connectivity index (χ0v) is 16.2. The summed E-state index contributed by atoms with van der Waals surface area (Å²) in [7, 11) is 0. The van der Waals surface area contributed by atoms with Crippen molar-refractivity contribution >= 4 is 6.03 Å². The van der Waals surface area contributed by atoms with Crippen molar-refractivity contribution in [1.29, 1.82) is 0 Å². The van der Waals surface area contributed by atoms with Crippen molar-refractivity contribution in [3.8, 4) is 0 Å². The van der Waals surface area contributed by atoms with Gasteiger partial charge in [-0.2, -0.15) is 4.98 Å². The number of aryl methyl sites for hydroxylation is 1. The number of carbonyl (C=O) groups excluding carboxylic acids is 1. The Labute approximate surface area is 160 Å². The van der Waals surface area contributed by atoms with Gasteiger partial charge >= 0.3 is 6.03 Å². The number of aromatic nitrogens is 3. The lowest BCUT2D eigenvalue weighted by Crippen LogP contribution is -2.45. The van der Waals surface area contributed by atoms with Crippen LogP contribution in [0.3, 0.4) is 0 Å². The normalized spacial score (nSPS) is 17.3. The molecule has 27 heavy (non-hydrogen) atoms. The molecule has 2 amide bonds. The van der Waals surface area contributed by atoms with Crippen molar-refractivity contribution in [3.63, 3.8) is 0 Å². The van der Waals surface area contributed by atoms with Gasteiger partial charge in [0.05, 0.1) is 5.92 Å². The zero-order chi connectivity index (χ0) is 19.1. The molecule has 0 spiro atoms. The summed E-state index contributed by atoms with van der Waals surface area (Å²) in [6, 6.07) is 5.89. The molecule has 2 aromatic rings. The Bertz CT molecular complexity index is 716. The van der Waals surface area contributed by atoms with E-state index in [4.69, 9.17) is 4.52 Å². The minimum Gasteiger partial charge on any atom is -0.339 e. The summed E-state index contributed by atoms with van der Waals surface area (Å²) in [5, 5.41) is 7.10. The molecule has 146 valence electrons. The van der Waals surface area contributed by atoms with Crippen molar-refractivity contribution in [2.45, 2.75) is 51.9 Å². The van der Waals surface area contributed by atoms with Gasteiger partial charge < -0.3 is 14.7 Å². The zero-order valence-electron chi connectivity index (χ0n) is 16.2. The van der Waals surface area contributed by atoms with Gasteiger partial charge in [0.15, 0.2) is 5.82 Å². The molecule has 1 aliphatic rings. The van der Waals surface area contributed by atoms with Gasteiger partial charge in [-0.3, -0.25) is 4.98 Å². The van der Waals surface area contributed by atoms with Gasteiger partial charge in [0.25, 0.3) is 0 Å². The van der Waals surface area contributed by atoms with Crippen molar-refractivity contribution in [2.24, 2.45) is 5.92 Å². The molecule has 1 saturated heterocycles. The van der Waals surface area contributed by atoms with E-state index in [9.17, 15) is 4.79 Å². The number of urea groups is 1. The summed E-state index contributed by atoms with van der Waals surface area (Å²) in [4.78, 5) is 23.2. The fourth-order valence-corrected chi connectivity index (χ4v) is 3.37. The highest BCUT2D eigenvalue weighted by Gasteiger charge is 2.28. The monoisotopic (exact) mass is 371 g/mol. The second-order valence-electron chi connectivity index (χ2n) is 7.59. The van der Waals surface area contributed by atoms with Gasteiger partial charge in [-0.25, -0.2) is 4.79 Å². The van der Waals surface area contributed by atoms with Crippen molar-refractivity contribution in [3.05, 3.63) is 41.8 Å². The number of nitrogens with one attached hydrogen (secondary N) is 1. The molecule has 0 radical (unpaired) electrons. The summed E-state index contributed by atoms with van der Waals surface area (Å²) >= 11 is 0. The van der Waals surface area contributed by atoms with Crippen LogP contribution >= 0.6 is 0 Å². The predicted molar refractivity (Wildman–Crippen MR) is 102 cm³/mol. The molecule has 7 heteroatoms. The third-order valence-corrected chi connectivity index (χ3v) is 4.74. The van der Waals surface area contributed by atoms with Crippen LogP contribution in [0.5, 0.6) is 0 Å². The number of likely N-dealkylation sites (tertiary alicyclic amines) is 1. The Morgan fingerprint density at radius 3 is 3.07 bits per heavy atom. The molecule has 0 bridgehead atoms. The molecule has 3 heterocycles. The number of nitrogens with zero attached hydrogens (tertiary/aromatic N) is 4. The first-order chi connectivity index (χ1) is 13.1. The maximum atomic E-state index is 12.5. The lowest BCUT2D eigenvalue weighted by molar-refractivity contribution is 0.172. The van der Waals surface area contributed by atoms with Crippen LogP contribution in [0.2, 0.25) is 0 Å². The van der Waals surface area contributed by atoms with E-state index in [1.54, 1.807) is 6.20 Å². The van der Waals surface area contributed by atoms with Gasteiger partial charge in [0.2, 0.25) is 5.89 Å². The van der Waals surface area contributed by atoms with Crippen LogP contribution in [-0.4, -0.2) is 45.7 Å². The van der Waals surface area contributed by atoms with Crippen LogP contribution in [-0.2, 0) is 12.8 Å². The highest BCUT2D eigenvalue weighted by molar-refractivity contribution is 5.74. The average Bonchev–Trinajstić information content (AvgIpc) is 3.14. The molecule has 7 nitrogen and oxygen atoms in total. The summed E-state index contributed by atoms with van der Waals surface area (Å²) < 4.78 is 5.45. The molecule has 2 aromatic heterocycles. The highest BCUT2D eigenvalue weighted by atomic mass is 16.5. The highest BCUT2D eigenvalue weighted by Crippen LogP contribution is 2.26. The van der Waals surface area contributed by atoms with Crippen LogP contribution in [0, 0.1) is 5.92 Å². The number of rotatable bonds is 7. The molecule has 0 aromatic carbocycles. The van der Waals surface area contributed by atoms with Crippen LogP contribution in [0.25, 0.3) is 0 Å². The summed E-state index contributed by atoms with van der Waals surface area (Å²) in [6.45, 7) is 6.33. The van der Waals surface area contributed by atoms with Crippen LogP contribution in [0.1, 0.15) is 56.4 Å². The molecular weight excluding hydrogens is 342 g/mol. The van der Waals surface area contributed by atoms with Crippen molar-refractivity contribution in [1.82, 2.24) is 25.3 Å². The molecule has 0 saturated carbocycles. The quantitative estimate of drug-likeness (QED) is 0.756. The first-order valence-electron chi connectivity index (χ1n) is 9.87. The molecule has 0 unspecified atom stereocenters. The van der Waals surface area contributed by atoms with E-state index < -0.39 is 0 Å². The van der Waals surface area contributed by atoms with Crippen molar-refractivity contribution < 1.29 is 9.32 Å². The van der Waals surface area contributed by atoms with Gasteiger partial charge in [0.1, 0.15) is 0 Å². The number of amides is 2. The molecule has 1 fully saturated rings. The Balaban J connectivity index is 1.44. The van der Waals surface area contributed by atoms with Crippen LogP contribution in [0.4, 0.5) is 4.79 Å². The van der Waals surface area contributed by atoms with E-state index in [0.717, 1.165) is 50.2 Å². The third-order valence-electron chi connectivity index (χ3n) is 4.74.